The first-order chi connectivity index (χ1) is 13.6. The first-order valence-corrected chi connectivity index (χ1v) is 9.99. The molecule has 1 aliphatic carbocycles. The number of aryl methyl sites for hydroxylation is 1. The number of hydrogen-bond donors (Lipinski definition) is 1. The van der Waals surface area contributed by atoms with Crippen LogP contribution in [-0.2, 0) is 17.8 Å². The molecule has 1 saturated heterocycles. The van der Waals surface area contributed by atoms with Crippen molar-refractivity contribution in [2.45, 2.75) is 38.9 Å². The number of carbonyl (C=O) groups is 1. The van der Waals surface area contributed by atoms with Gasteiger partial charge in [-0.3, -0.25) is 14.5 Å². The highest BCUT2D eigenvalue weighted by atomic mass is 16.5. The van der Waals surface area contributed by atoms with Gasteiger partial charge in [0.15, 0.2) is 5.43 Å². The first kappa shape index (κ1) is 18.9. The minimum Gasteiger partial charge on any atom is -0.379 e. The lowest BCUT2D eigenvalue weighted by Crippen LogP contribution is -2.35. The highest BCUT2D eigenvalue weighted by Gasteiger charge is 2.25. The molecule has 2 aromatic rings. The zero-order chi connectivity index (χ0) is 19.5. The monoisotopic (exact) mass is 381 g/mol. The van der Waals surface area contributed by atoms with Crippen molar-refractivity contribution < 1.29 is 9.53 Å². The second kappa shape index (κ2) is 8.29. The van der Waals surface area contributed by atoms with E-state index in [-0.39, 0.29) is 16.9 Å². The fourth-order valence-corrected chi connectivity index (χ4v) is 3.62. The molecule has 0 radical (unpaired) electrons. The van der Waals surface area contributed by atoms with Crippen LogP contribution in [0.5, 0.6) is 0 Å². The van der Waals surface area contributed by atoms with Crippen LogP contribution in [0.4, 0.5) is 0 Å². The third-order valence-electron chi connectivity index (χ3n) is 5.45. The topological polar surface area (TPSA) is 63.6 Å². The third kappa shape index (κ3) is 4.51. The maximum atomic E-state index is 12.5. The molecule has 28 heavy (non-hydrogen) atoms. The van der Waals surface area contributed by atoms with Crippen molar-refractivity contribution in [3.63, 3.8) is 0 Å². The van der Waals surface area contributed by atoms with Crippen LogP contribution in [0.2, 0.25) is 0 Å². The number of aromatic nitrogens is 1. The maximum absolute atomic E-state index is 12.5. The Balaban J connectivity index is 1.35. The van der Waals surface area contributed by atoms with E-state index in [4.69, 9.17) is 4.74 Å². The second-order valence-corrected chi connectivity index (χ2v) is 7.72. The quantitative estimate of drug-likeness (QED) is 0.834. The van der Waals surface area contributed by atoms with Crippen molar-refractivity contribution >= 4 is 5.91 Å². The number of amides is 1. The van der Waals surface area contributed by atoms with Gasteiger partial charge in [0.1, 0.15) is 5.56 Å². The normalized spacial score (nSPS) is 17.5. The summed E-state index contributed by atoms with van der Waals surface area (Å²) >= 11 is 0. The SMILES string of the molecule is Cc1cc(=O)c(C(=O)NCc2ccc(CN3CCOCC3)cc2)cn1C1CC1. The Kier molecular flexibility index (Phi) is 5.59. The number of carbonyl (C=O) groups excluding carboxylic acids is 1. The molecule has 0 spiro atoms. The molecule has 2 heterocycles. The van der Waals surface area contributed by atoms with Gasteiger partial charge in [-0.1, -0.05) is 24.3 Å². The number of nitrogens with one attached hydrogen (secondary N) is 1. The van der Waals surface area contributed by atoms with Gasteiger partial charge in [0.05, 0.1) is 13.2 Å². The van der Waals surface area contributed by atoms with Crippen LogP contribution in [0.15, 0.2) is 41.3 Å². The number of morpholine rings is 1. The molecule has 6 heteroatoms. The summed E-state index contributed by atoms with van der Waals surface area (Å²) < 4.78 is 7.43. The molecule has 1 aromatic heterocycles. The van der Waals surface area contributed by atoms with Crippen molar-refractivity contribution in [3.05, 3.63) is 69.1 Å². The van der Waals surface area contributed by atoms with Crippen LogP contribution >= 0.6 is 0 Å². The predicted octanol–water partition coefficient (Wildman–Crippen LogP) is 2.25. The lowest BCUT2D eigenvalue weighted by atomic mass is 10.1. The predicted molar refractivity (Wildman–Crippen MR) is 107 cm³/mol. The summed E-state index contributed by atoms with van der Waals surface area (Å²) in [6.45, 7) is 6.77. The van der Waals surface area contributed by atoms with Gasteiger partial charge >= 0.3 is 0 Å². The van der Waals surface area contributed by atoms with Gasteiger partial charge < -0.3 is 14.6 Å². The Morgan fingerprint density at radius 3 is 2.50 bits per heavy atom. The summed E-state index contributed by atoms with van der Waals surface area (Å²) in [4.78, 5) is 27.1. The molecular formula is C22H27N3O3. The molecule has 1 aromatic carbocycles. The highest BCUT2D eigenvalue weighted by molar-refractivity contribution is 5.93. The molecule has 0 atom stereocenters. The van der Waals surface area contributed by atoms with Crippen molar-refractivity contribution in [1.29, 1.82) is 0 Å². The van der Waals surface area contributed by atoms with Crippen molar-refractivity contribution in [2.24, 2.45) is 0 Å². The Labute approximate surface area is 165 Å². The molecule has 1 N–H and O–H groups in total. The molecule has 2 fully saturated rings. The van der Waals surface area contributed by atoms with Gasteiger partial charge in [0.2, 0.25) is 0 Å². The zero-order valence-electron chi connectivity index (χ0n) is 16.3. The fraction of sp³-hybridized carbons (Fsp3) is 0.455. The Morgan fingerprint density at radius 2 is 1.82 bits per heavy atom. The summed E-state index contributed by atoms with van der Waals surface area (Å²) in [5.41, 5.74) is 3.20. The van der Waals surface area contributed by atoms with Crippen LogP contribution < -0.4 is 10.7 Å². The van der Waals surface area contributed by atoms with Crippen molar-refractivity contribution in [1.82, 2.24) is 14.8 Å². The fourth-order valence-electron chi connectivity index (χ4n) is 3.62. The van der Waals surface area contributed by atoms with E-state index in [1.807, 2.05) is 19.1 Å². The van der Waals surface area contributed by atoms with Gasteiger partial charge in [0, 0.05) is 50.2 Å². The van der Waals surface area contributed by atoms with Crippen molar-refractivity contribution in [3.8, 4) is 0 Å². The molecular weight excluding hydrogens is 354 g/mol. The largest absolute Gasteiger partial charge is 0.379 e. The summed E-state index contributed by atoms with van der Waals surface area (Å²) in [5, 5.41) is 2.88. The van der Waals surface area contributed by atoms with Crippen LogP contribution in [0.1, 0.15) is 46.1 Å². The van der Waals surface area contributed by atoms with Gasteiger partial charge in [0.25, 0.3) is 5.91 Å². The Morgan fingerprint density at radius 1 is 1.14 bits per heavy atom. The van der Waals surface area contributed by atoms with Crippen LogP contribution in [0.3, 0.4) is 0 Å². The van der Waals surface area contributed by atoms with Gasteiger partial charge in [-0.05, 0) is 30.9 Å². The summed E-state index contributed by atoms with van der Waals surface area (Å²) in [6, 6.07) is 10.3. The third-order valence-corrected chi connectivity index (χ3v) is 5.45. The summed E-state index contributed by atoms with van der Waals surface area (Å²) in [6.07, 6.45) is 3.94. The minimum absolute atomic E-state index is 0.215. The van der Waals surface area contributed by atoms with E-state index >= 15 is 0 Å². The number of benzene rings is 1. The molecule has 2 aliphatic rings. The Hall–Kier alpha value is -2.44. The molecule has 1 aliphatic heterocycles. The van der Waals surface area contributed by atoms with E-state index in [1.54, 1.807) is 12.3 Å². The standard InChI is InChI=1S/C22H27N3O3/c1-16-12-21(26)20(15-25(16)19-6-7-19)22(27)23-13-17-2-4-18(5-3-17)14-24-8-10-28-11-9-24/h2-5,12,15,19H,6-11,13-14H2,1H3,(H,23,27). The van der Waals surface area contributed by atoms with Gasteiger partial charge in [-0.25, -0.2) is 0 Å². The number of nitrogens with zero attached hydrogens (tertiary/aromatic N) is 2. The lowest BCUT2D eigenvalue weighted by molar-refractivity contribution is 0.0342. The van der Waals surface area contributed by atoms with Crippen LogP contribution in [0.25, 0.3) is 0 Å². The smallest absolute Gasteiger partial charge is 0.257 e. The van der Waals surface area contributed by atoms with E-state index in [2.05, 4.69) is 26.9 Å². The number of ether oxygens (including phenoxy) is 1. The minimum atomic E-state index is -0.309. The summed E-state index contributed by atoms with van der Waals surface area (Å²) in [7, 11) is 0. The second-order valence-electron chi connectivity index (χ2n) is 7.72. The highest BCUT2D eigenvalue weighted by Crippen LogP contribution is 2.35. The molecule has 1 amide bonds. The van der Waals surface area contributed by atoms with E-state index < -0.39 is 0 Å². The number of pyridine rings is 1. The van der Waals surface area contributed by atoms with Gasteiger partial charge in [-0.15, -0.1) is 0 Å². The van der Waals surface area contributed by atoms with E-state index in [1.165, 1.54) is 5.56 Å². The maximum Gasteiger partial charge on any atom is 0.257 e. The van der Waals surface area contributed by atoms with Crippen LogP contribution in [0, 0.1) is 6.92 Å². The van der Waals surface area contributed by atoms with E-state index in [0.717, 1.165) is 56.9 Å². The van der Waals surface area contributed by atoms with Gasteiger partial charge in [-0.2, -0.15) is 0 Å². The molecule has 6 nitrogen and oxygen atoms in total. The molecule has 1 saturated carbocycles. The molecule has 4 rings (SSSR count). The number of hydrogen-bond acceptors (Lipinski definition) is 4. The zero-order valence-corrected chi connectivity index (χ0v) is 16.3. The summed E-state index contributed by atoms with van der Waals surface area (Å²) in [5.74, 6) is -0.309. The molecule has 148 valence electrons. The Bertz CT molecular complexity index is 894. The first-order valence-electron chi connectivity index (χ1n) is 9.99. The average molecular weight is 381 g/mol. The molecule has 0 bridgehead atoms. The lowest BCUT2D eigenvalue weighted by Gasteiger charge is -2.26. The molecule has 0 unspecified atom stereocenters. The number of rotatable bonds is 6. The average Bonchev–Trinajstić information content (AvgIpc) is 3.53. The van der Waals surface area contributed by atoms with E-state index in [9.17, 15) is 9.59 Å². The van der Waals surface area contributed by atoms with E-state index in [0.29, 0.717) is 12.6 Å². The van der Waals surface area contributed by atoms with Crippen molar-refractivity contribution in [2.75, 3.05) is 26.3 Å². The van der Waals surface area contributed by atoms with Crippen LogP contribution in [-0.4, -0.2) is 41.7 Å².